The van der Waals surface area contributed by atoms with E-state index < -0.39 is 0 Å². The highest BCUT2D eigenvalue weighted by Crippen LogP contribution is 2.15. The standard InChI is InChI=1S/C15H17N/c1-4-6-9-14(12-13(3)5-2)15-10-7-8-11-16-15/h4-12H,2H2,1,3H3/b6-4+,13-12-,14-9+. The molecule has 0 fully saturated rings. The molecule has 16 heavy (non-hydrogen) atoms. The number of allylic oxidation sites excluding steroid dienone is 7. The Morgan fingerprint density at radius 3 is 2.75 bits per heavy atom. The third-order valence-corrected chi connectivity index (χ3v) is 2.13. The summed E-state index contributed by atoms with van der Waals surface area (Å²) >= 11 is 0. The summed E-state index contributed by atoms with van der Waals surface area (Å²) in [5.41, 5.74) is 3.19. The van der Waals surface area contributed by atoms with Gasteiger partial charge < -0.3 is 0 Å². The number of hydrogen-bond acceptors (Lipinski definition) is 1. The van der Waals surface area contributed by atoms with Crippen molar-refractivity contribution in [3.8, 4) is 0 Å². The van der Waals surface area contributed by atoms with Gasteiger partial charge in [0.15, 0.2) is 0 Å². The molecule has 0 atom stereocenters. The number of rotatable bonds is 4. The quantitative estimate of drug-likeness (QED) is 0.681. The number of hydrogen-bond donors (Lipinski definition) is 0. The van der Waals surface area contributed by atoms with Crippen LogP contribution in [0.15, 0.2) is 66.9 Å². The summed E-state index contributed by atoms with van der Waals surface area (Å²) in [5.74, 6) is 0. The molecule has 1 aromatic rings. The summed E-state index contributed by atoms with van der Waals surface area (Å²) in [4.78, 5) is 4.34. The van der Waals surface area contributed by atoms with E-state index in [1.54, 1.807) is 6.20 Å². The Morgan fingerprint density at radius 2 is 2.19 bits per heavy atom. The van der Waals surface area contributed by atoms with Crippen molar-refractivity contribution in [3.05, 3.63) is 72.6 Å². The van der Waals surface area contributed by atoms with E-state index in [1.807, 2.05) is 50.3 Å². The molecule has 82 valence electrons. The van der Waals surface area contributed by atoms with Crippen LogP contribution in [-0.2, 0) is 0 Å². The van der Waals surface area contributed by atoms with E-state index >= 15 is 0 Å². The fourth-order valence-electron chi connectivity index (χ4n) is 1.25. The van der Waals surface area contributed by atoms with Gasteiger partial charge in [0.1, 0.15) is 0 Å². The number of aromatic nitrogens is 1. The topological polar surface area (TPSA) is 12.9 Å². The van der Waals surface area contributed by atoms with Crippen molar-refractivity contribution in [1.82, 2.24) is 4.98 Å². The van der Waals surface area contributed by atoms with Crippen molar-refractivity contribution in [3.63, 3.8) is 0 Å². The van der Waals surface area contributed by atoms with Crippen LogP contribution in [-0.4, -0.2) is 4.98 Å². The molecule has 0 amide bonds. The summed E-state index contributed by atoms with van der Waals surface area (Å²) in [5, 5.41) is 0. The monoisotopic (exact) mass is 211 g/mol. The summed E-state index contributed by atoms with van der Waals surface area (Å²) in [7, 11) is 0. The zero-order valence-electron chi connectivity index (χ0n) is 9.85. The Bertz CT molecular complexity index is 422. The maximum atomic E-state index is 4.34. The second-order valence-electron chi connectivity index (χ2n) is 3.46. The summed E-state index contributed by atoms with van der Waals surface area (Å²) < 4.78 is 0. The molecule has 1 aromatic heterocycles. The zero-order chi connectivity index (χ0) is 11.8. The Labute approximate surface area is 97.5 Å². The van der Waals surface area contributed by atoms with Crippen LogP contribution in [0.5, 0.6) is 0 Å². The molecule has 0 bridgehead atoms. The Kier molecular flexibility index (Phi) is 5.00. The lowest BCUT2D eigenvalue weighted by molar-refractivity contribution is 1.28. The van der Waals surface area contributed by atoms with Crippen LogP contribution in [0.2, 0.25) is 0 Å². The van der Waals surface area contributed by atoms with Crippen LogP contribution < -0.4 is 0 Å². The molecule has 0 aliphatic rings. The van der Waals surface area contributed by atoms with Crippen LogP contribution in [0.3, 0.4) is 0 Å². The first-order valence-electron chi connectivity index (χ1n) is 5.33. The molecule has 0 aliphatic heterocycles. The van der Waals surface area contributed by atoms with Crippen LogP contribution in [0.4, 0.5) is 0 Å². The van der Waals surface area contributed by atoms with Crippen LogP contribution in [0.25, 0.3) is 5.57 Å². The molecule has 0 saturated heterocycles. The Morgan fingerprint density at radius 1 is 1.38 bits per heavy atom. The predicted molar refractivity (Wildman–Crippen MR) is 71.0 cm³/mol. The van der Waals surface area contributed by atoms with Crippen molar-refractivity contribution in [1.29, 1.82) is 0 Å². The number of nitrogens with zero attached hydrogens (tertiary/aromatic N) is 1. The largest absolute Gasteiger partial charge is 0.256 e. The van der Waals surface area contributed by atoms with Crippen molar-refractivity contribution in [2.24, 2.45) is 0 Å². The molecule has 1 rings (SSSR count). The van der Waals surface area contributed by atoms with Crippen molar-refractivity contribution >= 4 is 5.57 Å². The first-order chi connectivity index (χ1) is 7.77. The molecule has 0 radical (unpaired) electrons. The third kappa shape index (κ3) is 3.70. The average molecular weight is 211 g/mol. The Balaban J connectivity index is 3.12. The van der Waals surface area contributed by atoms with E-state index in [0.29, 0.717) is 0 Å². The highest BCUT2D eigenvalue weighted by Gasteiger charge is 1.97. The fourth-order valence-corrected chi connectivity index (χ4v) is 1.25. The van der Waals surface area contributed by atoms with Crippen molar-refractivity contribution in [2.45, 2.75) is 13.8 Å². The van der Waals surface area contributed by atoms with E-state index in [4.69, 9.17) is 0 Å². The van der Waals surface area contributed by atoms with Gasteiger partial charge in [-0.3, -0.25) is 4.98 Å². The molecule has 0 aliphatic carbocycles. The second kappa shape index (κ2) is 6.57. The lowest BCUT2D eigenvalue weighted by Crippen LogP contribution is -1.85. The maximum absolute atomic E-state index is 4.34. The van der Waals surface area contributed by atoms with E-state index in [1.165, 1.54) is 0 Å². The number of pyridine rings is 1. The molecule has 1 heterocycles. The maximum Gasteiger partial charge on any atom is 0.0702 e. The van der Waals surface area contributed by atoms with Gasteiger partial charge in [-0.15, -0.1) is 0 Å². The first-order valence-corrected chi connectivity index (χ1v) is 5.33. The van der Waals surface area contributed by atoms with Gasteiger partial charge in [-0.05, 0) is 32.1 Å². The van der Waals surface area contributed by atoms with Gasteiger partial charge in [0.05, 0.1) is 5.69 Å². The molecule has 0 saturated carbocycles. The Hall–Kier alpha value is -1.89. The third-order valence-electron chi connectivity index (χ3n) is 2.13. The fraction of sp³-hybridized carbons (Fsp3) is 0.133. The highest BCUT2D eigenvalue weighted by atomic mass is 14.7. The second-order valence-corrected chi connectivity index (χ2v) is 3.46. The zero-order valence-corrected chi connectivity index (χ0v) is 9.85. The molecular weight excluding hydrogens is 194 g/mol. The van der Waals surface area contributed by atoms with E-state index in [0.717, 1.165) is 16.8 Å². The summed E-state index contributed by atoms with van der Waals surface area (Å²) in [6, 6.07) is 5.91. The van der Waals surface area contributed by atoms with Gasteiger partial charge in [0.2, 0.25) is 0 Å². The first kappa shape index (κ1) is 12.2. The smallest absolute Gasteiger partial charge is 0.0702 e. The normalized spacial score (nSPS) is 13.1. The van der Waals surface area contributed by atoms with Crippen LogP contribution in [0.1, 0.15) is 19.5 Å². The summed E-state index contributed by atoms with van der Waals surface area (Å²) in [6.07, 6.45) is 11.8. The highest BCUT2D eigenvalue weighted by molar-refractivity contribution is 5.74. The molecule has 0 aromatic carbocycles. The molecule has 1 heteroatoms. The average Bonchev–Trinajstić information content (AvgIpc) is 2.35. The van der Waals surface area contributed by atoms with Gasteiger partial charge in [-0.2, -0.15) is 0 Å². The SMILES string of the molecule is C=C\C(C)=C/C(=C\C=C\C)c1ccccn1. The molecule has 0 N–H and O–H groups in total. The minimum absolute atomic E-state index is 0.974. The lowest BCUT2D eigenvalue weighted by Gasteiger charge is -2.01. The molecule has 0 spiro atoms. The lowest BCUT2D eigenvalue weighted by atomic mass is 10.1. The van der Waals surface area contributed by atoms with Gasteiger partial charge in [-0.25, -0.2) is 0 Å². The van der Waals surface area contributed by atoms with Gasteiger partial charge in [0, 0.05) is 11.8 Å². The predicted octanol–water partition coefficient (Wildman–Crippen LogP) is 4.17. The van der Waals surface area contributed by atoms with Gasteiger partial charge in [0.25, 0.3) is 0 Å². The van der Waals surface area contributed by atoms with Crippen molar-refractivity contribution < 1.29 is 0 Å². The van der Waals surface area contributed by atoms with E-state index in [9.17, 15) is 0 Å². The summed E-state index contributed by atoms with van der Waals surface area (Å²) in [6.45, 7) is 7.78. The molecular formula is C15H17N. The van der Waals surface area contributed by atoms with E-state index in [-0.39, 0.29) is 0 Å². The molecule has 0 unspecified atom stereocenters. The van der Waals surface area contributed by atoms with Gasteiger partial charge >= 0.3 is 0 Å². The van der Waals surface area contributed by atoms with Crippen LogP contribution in [0, 0.1) is 0 Å². The van der Waals surface area contributed by atoms with E-state index in [2.05, 4.69) is 23.7 Å². The minimum atomic E-state index is 0.974. The molecule has 1 nitrogen and oxygen atoms in total. The van der Waals surface area contributed by atoms with Crippen LogP contribution >= 0.6 is 0 Å². The van der Waals surface area contributed by atoms with Crippen molar-refractivity contribution in [2.75, 3.05) is 0 Å². The minimum Gasteiger partial charge on any atom is -0.256 e. The van der Waals surface area contributed by atoms with Gasteiger partial charge in [-0.1, -0.05) is 42.5 Å².